The Morgan fingerprint density at radius 3 is 2.33 bits per heavy atom. The Bertz CT molecular complexity index is 244. The summed E-state index contributed by atoms with van der Waals surface area (Å²) >= 11 is 1.93. The molecule has 0 rings (SSSR count). The minimum Gasteiger partial charge on any atom is -0.480 e. The molecule has 0 amide bonds. The van der Waals surface area contributed by atoms with Crippen LogP contribution in [-0.2, 0) is 4.79 Å². The number of rotatable bonds is 10. The molecule has 0 radical (unpaired) electrons. The Morgan fingerprint density at radius 1 is 1.28 bits per heavy atom. The summed E-state index contributed by atoms with van der Waals surface area (Å²) in [5.41, 5.74) is -0.785. The molecule has 0 saturated heterocycles. The van der Waals surface area contributed by atoms with E-state index in [9.17, 15) is 9.90 Å². The van der Waals surface area contributed by atoms with Gasteiger partial charge in [0.05, 0.1) is 0 Å². The molecule has 0 spiro atoms. The third-order valence-corrected chi connectivity index (χ3v) is 3.99. The first-order valence-electron chi connectivity index (χ1n) is 6.86. The molecule has 4 heteroatoms. The topological polar surface area (TPSA) is 49.3 Å². The third-order valence-electron chi connectivity index (χ3n) is 2.88. The molecule has 0 bridgehead atoms. The maximum Gasteiger partial charge on any atom is 0.323 e. The lowest BCUT2D eigenvalue weighted by Gasteiger charge is -2.28. The molecule has 0 aliphatic carbocycles. The van der Waals surface area contributed by atoms with E-state index < -0.39 is 11.5 Å². The Kier molecular flexibility index (Phi) is 8.70. The molecule has 18 heavy (non-hydrogen) atoms. The van der Waals surface area contributed by atoms with Crippen molar-refractivity contribution in [3.63, 3.8) is 0 Å². The molecule has 0 aromatic rings. The lowest BCUT2D eigenvalue weighted by Crippen LogP contribution is -2.52. The molecule has 0 aromatic carbocycles. The van der Waals surface area contributed by atoms with E-state index >= 15 is 0 Å². The van der Waals surface area contributed by atoms with E-state index in [-0.39, 0.29) is 6.04 Å². The molecule has 0 saturated carbocycles. The number of thioether (sulfide) groups is 1. The highest BCUT2D eigenvalue weighted by Crippen LogP contribution is 2.17. The summed E-state index contributed by atoms with van der Waals surface area (Å²) in [7, 11) is 0. The van der Waals surface area contributed by atoms with Crippen LogP contribution in [0.5, 0.6) is 0 Å². The molecule has 1 unspecified atom stereocenters. The summed E-state index contributed by atoms with van der Waals surface area (Å²) in [5, 5.41) is 12.4. The SMILES string of the molecule is CC(C)CCSCCCC(C)(NC(C)C)C(=O)O. The number of carbonyl (C=O) groups is 1. The molecular formula is C14H29NO2S. The number of aliphatic carboxylic acids is 1. The van der Waals surface area contributed by atoms with Crippen LogP contribution in [-0.4, -0.2) is 34.2 Å². The van der Waals surface area contributed by atoms with E-state index in [4.69, 9.17) is 0 Å². The van der Waals surface area contributed by atoms with Crippen molar-refractivity contribution in [2.24, 2.45) is 5.92 Å². The largest absolute Gasteiger partial charge is 0.480 e. The van der Waals surface area contributed by atoms with Crippen molar-refractivity contribution in [1.29, 1.82) is 0 Å². The smallest absolute Gasteiger partial charge is 0.323 e. The van der Waals surface area contributed by atoms with Gasteiger partial charge in [-0.2, -0.15) is 11.8 Å². The summed E-state index contributed by atoms with van der Waals surface area (Å²) in [6, 6.07) is 0.194. The van der Waals surface area contributed by atoms with Crippen LogP contribution in [0.1, 0.15) is 53.9 Å². The monoisotopic (exact) mass is 275 g/mol. The standard InChI is InChI=1S/C14H29NO2S/c1-11(2)7-10-18-9-6-8-14(5,13(16)17)15-12(3)4/h11-12,15H,6-10H2,1-5H3,(H,16,17). The van der Waals surface area contributed by atoms with Crippen LogP contribution in [0, 0.1) is 5.92 Å². The van der Waals surface area contributed by atoms with Gasteiger partial charge in [0.2, 0.25) is 0 Å². The molecule has 0 fully saturated rings. The maximum atomic E-state index is 11.3. The van der Waals surface area contributed by atoms with Gasteiger partial charge in [0.1, 0.15) is 5.54 Å². The molecule has 3 nitrogen and oxygen atoms in total. The summed E-state index contributed by atoms with van der Waals surface area (Å²) in [4.78, 5) is 11.3. The van der Waals surface area contributed by atoms with Gasteiger partial charge >= 0.3 is 5.97 Å². The van der Waals surface area contributed by atoms with Gasteiger partial charge in [0.25, 0.3) is 0 Å². The van der Waals surface area contributed by atoms with E-state index in [0.29, 0.717) is 6.42 Å². The second kappa shape index (κ2) is 8.81. The predicted octanol–water partition coefficient (Wildman–Crippen LogP) is 3.39. The average molecular weight is 275 g/mol. The summed E-state index contributed by atoms with van der Waals surface area (Å²) in [5.74, 6) is 2.24. The predicted molar refractivity (Wildman–Crippen MR) is 80.3 cm³/mol. The third kappa shape index (κ3) is 7.98. The molecule has 0 aliphatic heterocycles. The normalized spacial score (nSPS) is 15.1. The first-order valence-corrected chi connectivity index (χ1v) is 8.02. The van der Waals surface area contributed by atoms with Crippen molar-refractivity contribution in [3.05, 3.63) is 0 Å². The zero-order valence-electron chi connectivity index (χ0n) is 12.5. The number of carboxylic acid groups (broad SMARTS) is 1. The van der Waals surface area contributed by atoms with Crippen LogP contribution in [0.25, 0.3) is 0 Å². The van der Waals surface area contributed by atoms with Gasteiger partial charge in [0, 0.05) is 6.04 Å². The quantitative estimate of drug-likeness (QED) is 0.600. The Labute approximate surface area is 116 Å². The van der Waals surface area contributed by atoms with Gasteiger partial charge in [-0.05, 0) is 57.5 Å². The van der Waals surface area contributed by atoms with Gasteiger partial charge < -0.3 is 5.11 Å². The Hall–Kier alpha value is -0.220. The minimum atomic E-state index is -0.785. The van der Waals surface area contributed by atoms with Crippen LogP contribution in [0.3, 0.4) is 0 Å². The second-order valence-electron chi connectivity index (χ2n) is 5.83. The van der Waals surface area contributed by atoms with Crippen molar-refractivity contribution in [1.82, 2.24) is 5.32 Å². The minimum absolute atomic E-state index is 0.194. The second-order valence-corrected chi connectivity index (χ2v) is 7.06. The highest BCUT2D eigenvalue weighted by Gasteiger charge is 2.32. The van der Waals surface area contributed by atoms with Gasteiger partial charge in [-0.1, -0.05) is 13.8 Å². The van der Waals surface area contributed by atoms with E-state index in [0.717, 1.165) is 18.1 Å². The highest BCUT2D eigenvalue weighted by atomic mass is 32.2. The van der Waals surface area contributed by atoms with Crippen molar-refractivity contribution in [2.75, 3.05) is 11.5 Å². The zero-order chi connectivity index (χ0) is 14.2. The molecule has 108 valence electrons. The molecule has 2 N–H and O–H groups in total. The van der Waals surface area contributed by atoms with Crippen LogP contribution < -0.4 is 5.32 Å². The highest BCUT2D eigenvalue weighted by molar-refractivity contribution is 7.99. The molecule has 0 heterocycles. The van der Waals surface area contributed by atoms with Crippen molar-refractivity contribution in [2.45, 2.75) is 65.5 Å². The first-order chi connectivity index (χ1) is 8.28. The molecular weight excluding hydrogens is 246 g/mol. The molecule has 0 aromatic heterocycles. The summed E-state index contributed by atoms with van der Waals surface area (Å²) in [6.45, 7) is 10.2. The maximum absolute atomic E-state index is 11.3. The van der Waals surface area contributed by atoms with Crippen LogP contribution in [0.15, 0.2) is 0 Å². The van der Waals surface area contributed by atoms with Crippen LogP contribution in [0.2, 0.25) is 0 Å². The van der Waals surface area contributed by atoms with Crippen LogP contribution in [0.4, 0.5) is 0 Å². The van der Waals surface area contributed by atoms with Gasteiger partial charge in [-0.25, -0.2) is 0 Å². The van der Waals surface area contributed by atoms with Crippen molar-refractivity contribution in [3.8, 4) is 0 Å². The van der Waals surface area contributed by atoms with E-state index in [1.807, 2.05) is 25.6 Å². The number of hydrogen-bond donors (Lipinski definition) is 2. The Morgan fingerprint density at radius 2 is 1.89 bits per heavy atom. The number of nitrogens with one attached hydrogen (secondary N) is 1. The first kappa shape index (κ1) is 17.8. The zero-order valence-corrected chi connectivity index (χ0v) is 13.3. The van der Waals surface area contributed by atoms with Gasteiger partial charge in [-0.15, -0.1) is 0 Å². The fourth-order valence-electron chi connectivity index (χ4n) is 1.83. The lowest BCUT2D eigenvalue weighted by molar-refractivity contribution is -0.144. The van der Waals surface area contributed by atoms with Gasteiger partial charge in [0.15, 0.2) is 0 Å². The van der Waals surface area contributed by atoms with Crippen molar-refractivity contribution >= 4 is 17.7 Å². The van der Waals surface area contributed by atoms with Crippen LogP contribution >= 0.6 is 11.8 Å². The molecule has 0 aliphatic rings. The van der Waals surface area contributed by atoms with E-state index in [1.165, 1.54) is 12.2 Å². The summed E-state index contributed by atoms with van der Waals surface area (Å²) in [6.07, 6.45) is 2.88. The van der Waals surface area contributed by atoms with Gasteiger partial charge in [-0.3, -0.25) is 10.1 Å². The fraction of sp³-hybridized carbons (Fsp3) is 0.929. The summed E-state index contributed by atoms with van der Waals surface area (Å²) < 4.78 is 0. The Balaban J connectivity index is 3.88. The van der Waals surface area contributed by atoms with E-state index in [2.05, 4.69) is 19.2 Å². The molecule has 1 atom stereocenters. The number of hydrogen-bond acceptors (Lipinski definition) is 3. The van der Waals surface area contributed by atoms with Crippen molar-refractivity contribution < 1.29 is 9.90 Å². The number of carboxylic acids is 1. The fourth-order valence-corrected chi connectivity index (χ4v) is 3.02. The lowest BCUT2D eigenvalue weighted by atomic mass is 9.95. The average Bonchev–Trinajstić information content (AvgIpc) is 2.21. The van der Waals surface area contributed by atoms with E-state index in [1.54, 1.807) is 6.92 Å².